The molecule has 164 valence electrons. The fourth-order valence-electron chi connectivity index (χ4n) is 3.47. The predicted octanol–water partition coefficient (Wildman–Crippen LogP) is 3.77. The van der Waals surface area contributed by atoms with Gasteiger partial charge in [-0.1, -0.05) is 5.16 Å². The molecule has 2 aromatic carbocycles. The second kappa shape index (κ2) is 8.14. The molecule has 0 fully saturated rings. The zero-order chi connectivity index (χ0) is 23.0. The molecule has 1 atom stereocenters. The van der Waals surface area contributed by atoms with E-state index >= 15 is 0 Å². The van der Waals surface area contributed by atoms with Gasteiger partial charge in [-0.3, -0.25) is 19.7 Å². The maximum absolute atomic E-state index is 12.9. The number of ether oxygens (including phenoxy) is 1. The summed E-state index contributed by atoms with van der Waals surface area (Å²) in [7, 11) is 0. The topological polar surface area (TPSA) is 128 Å². The monoisotopic (exact) mass is 436 g/mol. The van der Waals surface area contributed by atoms with Crippen molar-refractivity contribution in [1.29, 1.82) is 0 Å². The molecule has 3 aromatic rings. The van der Waals surface area contributed by atoms with Crippen LogP contribution in [-0.4, -0.2) is 28.0 Å². The molecule has 1 aliphatic rings. The molecule has 1 unspecified atom stereocenters. The number of non-ortho nitro benzene ring substituents is 1. The Bertz CT molecular complexity index is 1200. The van der Waals surface area contributed by atoms with Gasteiger partial charge in [-0.25, -0.2) is 0 Å². The quantitative estimate of drug-likeness (QED) is 0.476. The largest absolute Gasteiger partial charge is 0.479 e. The molecule has 0 radical (unpaired) electrons. The van der Waals surface area contributed by atoms with Crippen LogP contribution in [0.1, 0.15) is 34.3 Å². The van der Waals surface area contributed by atoms with Crippen molar-refractivity contribution in [2.24, 2.45) is 0 Å². The Hall–Kier alpha value is -4.21. The highest BCUT2D eigenvalue weighted by Gasteiger charge is 2.33. The van der Waals surface area contributed by atoms with Crippen molar-refractivity contribution in [2.45, 2.75) is 33.4 Å². The van der Waals surface area contributed by atoms with Crippen LogP contribution < -0.4 is 15.0 Å². The van der Waals surface area contributed by atoms with Crippen LogP contribution >= 0.6 is 0 Å². The highest BCUT2D eigenvalue weighted by Crippen LogP contribution is 2.38. The minimum atomic E-state index is -0.663. The summed E-state index contributed by atoms with van der Waals surface area (Å²) < 4.78 is 10.9. The Morgan fingerprint density at radius 2 is 1.94 bits per heavy atom. The Kier molecular flexibility index (Phi) is 5.35. The molecule has 0 aliphatic carbocycles. The van der Waals surface area contributed by atoms with Crippen molar-refractivity contribution >= 4 is 28.9 Å². The van der Waals surface area contributed by atoms with Crippen LogP contribution in [0.2, 0.25) is 0 Å². The van der Waals surface area contributed by atoms with E-state index in [1.807, 2.05) is 6.92 Å². The van der Waals surface area contributed by atoms with Crippen LogP contribution in [0.15, 0.2) is 47.0 Å². The molecule has 2 amide bonds. The van der Waals surface area contributed by atoms with Crippen LogP contribution in [0.4, 0.5) is 17.1 Å². The summed E-state index contributed by atoms with van der Waals surface area (Å²) in [6.45, 7) is 5.52. The Morgan fingerprint density at radius 1 is 1.22 bits per heavy atom. The highest BCUT2D eigenvalue weighted by atomic mass is 16.6. The standard InChI is InChI=1S/C22H20N4O6/c1-12-18(13(2)32-24-12)11-25-19-10-16(6-9-20(19)31-14(3)22(25)28)23-21(27)15-4-7-17(8-5-15)26(29)30/h4-10,14H,11H2,1-3H3,(H,23,27). The lowest BCUT2D eigenvalue weighted by Crippen LogP contribution is -2.44. The molecule has 0 saturated carbocycles. The third-order valence-electron chi connectivity index (χ3n) is 5.26. The first kappa shape index (κ1) is 21.0. The van der Waals surface area contributed by atoms with Gasteiger partial charge in [0.1, 0.15) is 11.5 Å². The first-order valence-electron chi connectivity index (χ1n) is 9.84. The van der Waals surface area contributed by atoms with Crippen molar-refractivity contribution < 1.29 is 23.8 Å². The number of nitrogens with zero attached hydrogens (tertiary/aromatic N) is 3. The van der Waals surface area contributed by atoms with E-state index in [0.717, 1.165) is 5.56 Å². The molecule has 0 saturated heterocycles. The minimum Gasteiger partial charge on any atom is -0.479 e. The number of nitro groups is 1. The number of nitro benzene ring substituents is 1. The molecular formula is C22H20N4O6. The lowest BCUT2D eigenvalue weighted by atomic mass is 10.1. The van der Waals surface area contributed by atoms with Crippen molar-refractivity contribution in [1.82, 2.24) is 5.16 Å². The number of amides is 2. The van der Waals surface area contributed by atoms with Gasteiger partial charge < -0.3 is 19.5 Å². The van der Waals surface area contributed by atoms with E-state index in [1.54, 1.807) is 36.9 Å². The smallest absolute Gasteiger partial charge is 0.269 e. The summed E-state index contributed by atoms with van der Waals surface area (Å²) in [4.78, 5) is 37.3. The zero-order valence-electron chi connectivity index (χ0n) is 17.6. The zero-order valence-corrected chi connectivity index (χ0v) is 17.6. The van der Waals surface area contributed by atoms with Crippen molar-refractivity contribution in [3.63, 3.8) is 0 Å². The maximum Gasteiger partial charge on any atom is 0.269 e. The molecule has 1 aromatic heterocycles. The lowest BCUT2D eigenvalue weighted by Gasteiger charge is -2.33. The number of aromatic nitrogens is 1. The first-order chi connectivity index (χ1) is 15.2. The van der Waals surface area contributed by atoms with E-state index in [0.29, 0.717) is 28.6 Å². The van der Waals surface area contributed by atoms with E-state index < -0.39 is 16.9 Å². The van der Waals surface area contributed by atoms with Gasteiger partial charge in [-0.2, -0.15) is 0 Å². The number of nitrogens with one attached hydrogen (secondary N) is 1. The SMILES string of the molecule is Cc1noc(C)c1CN1C(=O)C(C)Oc2ccc(NC(=O)c3ccc([N+](=O)[O-])cc3)cc21. The van der Waals surface area contributed by atoms with E-state index in [9.17, 15) is 19.7 Å². The van der Waals surface area contributed by atoms with Crippen molar-refractivity contribution in [3.05, 3.63) is 75.2 Å². The molecule has 10 heteroatoms. The van der Waals surface area contributed by atoms with E-state index in [4.69, 9.17) is 9.26 Å². The summed E-state index contributed by atoms with van der Waals surface area (Å²) in [6, 6.07) is 10.3. The number of hydrogen-bond donors (Lipinski definition) is 1. The minimum absolute atomic E-state index is 0.102. The predicted molar refractivity (Wildman–Crippen MR) is 115 cm³/mol. The van der Waals surface area contributed by atoms with Crippen LogP contribution in [0, 0.1) is 24.0 Å². The van der Waals surface area contributed by atoms with Gasteiger partial charge in [0, 0.05) is 28.9 Å². The van der Waals surface area contributed by atoms with Gasteiger partial charge in [0.05, 0.1) is 22.8 Å². The molecule has 10 nitrogen and oxygen atoms in total. The number of fused-ring (bicyclic) bond motifs is 1. The summed E-state index contributed by atoms with van der Waals surface area (Å²) in [5.74, 6) is 0.473. The second-order valence-electron chi connectivity index (χ2n) is 7.43. The molecule has 0 bridgehead atoms. The molecule has 32 heavy (non-hydrogen) atoms. The second-order valence-corrected chi connectivity index (χ2v) is 7.43. The van der Waals surface area contributed by atoms with Gasteiger partial charge in [-0.05, 0) is 51.1 Å². The van der Waals surface area contributed by atoms with Crippen LogP contribution in [0.3, 0.4) is 0 Å². The number of aryl methyl sites for hydroxylation is 2. The van der Waals surface area contributed by atoms with Crippen molar-refractivity contribution in [2.75, 3.05) is 10.2 Å². The van der Waals surface area contributed by atoms with Crippen LogP contribution in [-0.2, 0) is 11.3 Å². The molecule has 4 rings (SSSR count). The number of carbonyl (C=O) groups is 2. The lowest BCUT2D eigenvalue weighted by molar-refractivity contribution is -0.384. The average molecular weight is 436 g/mol. The molecule has 1 aliphatic heterocycles. The fourth-order valence-corrected chi connectivity index (χ4v) is 3.47. The molecule has 0 spiro atoms. The number of hydrogen-bond acceptors (Lipinski definition) is 7. The number of rotatable bonds is 5. The third kappa shape index (κ3) is 3.89. The molecular weight excluding hydrogens is 416 g/mol. The molecule has 1 N–H and O–H groups in total. The first-order valence-corrected chi connectivity index (χ1v) is 9.84. The summed E-state index contributed by atoms with van der Waals surface area (Å²) in [5, 5.41) is 17.5. The van der Waals surface area contributed by atoms with Gasteiger partial charge >= 0.3 is 0 Å². The summed E-state index contributed by atoms with van der Waals surface area (Å²) in [6.07, 6.45) is -0.663. The summed E-state index contributed by atoms with van der Waals surface area (Å²) >= 11 is 0. The average Bonchev–Trinajstić information content (AvgIpc) is 3.09. The van der Waals surface area contributed by atoms with Gasteiger partial charge in [0.15, 0.2) is 6.10 Å². The van der Waals surface area contributed by atoms with E-state index in [1.165, 1.54) is 24.3 Å². The van der Waals surface area contributed by atoms with Crippen LogP contribution in [0.25, 0.3) is 0 Å². The highest BCUT2D eigenvalue weighted by molar-refractivity contribution is 6.05. The maximum atomic E-state index is 12.9. The number of anilines is 2. The third-order valence-corrected chi connectivity index (χ3v) is 5.26. The fraction of sp³-hybridized carbons (Fsp3) is 0.227. The van der Waals surface area contributed by atoms with Gasteiger partial charge in [0.2, 0.25) is 0 Å². The van der Waals surface area contributed by atoms with E-state index in [2.05, 4.69) is 10.5 Å². The number of carbonyl (C=O) groups excluding carboxylic acids is 2. The van der Waals surface area contributed by atoms with Gasteiger partial charge in [-0.15, -0.1) is 0 Å². The van der Waals surface area contributed by atoms with E-state index in [-0.39, 0.29) is 23.7 Å². The van der Waals surface area contributed by atoms with Gasteiger partial charge in [0.25, 0.3) is 17.5 Å². The Balaban J connectivity index is 1.62. The Labute approximate surface area is 182 Å². The van der Waals surface area contributed by atoms with Crippen LogP contribution in [0.5, 0.6) is 5.75 Å². The molecule has 2 heterocycles. The normalized spacial score (nSPS) is 15.2. The number of benzene rings is 2. The Morgan fingerprint density at radius 3 is 2.56 bits per heavy atom. The summed E-state index contributed by atoms with van der Waals surface area (Å²) in [5.41, 5.74) is 2.62. The van der Waals surface area contributed by atoms with Crippen molar-refractivity contribution in [3.8, 4) is 5.75 Å².